The maximum absolute atomic E-state index is 13.7. The largest absolute Gasteiger partial charge is 0.496 e. The van der Waals surface area contributed by atoms with Gasteiger partial charge in [-0.05, 0) is 62.1 Å². The van der Waals surface area contributed by atoms with Gasteiger partial charge in [0.2, 0.25) is 5.91 Å². The number of halogens is 2. The Bertz CT molecular complexity index is 1440. The van der Waals surface area contributed by atoms with Crippen LogP contribution in [0.25, 0.3) is 0 Å². The van der Waals surface area contributed by atoms with Crippen LogP contribution in [0.2, 0.25) is 5.02 Å². The number of rotatable bonds is 10. The van der Waals surface area contributed by atoms with Crippen molar-refractivity contribution < 1.29 is 18.5 Å². The predicted octanol–water partition coefficient (Wildman–Crippen LogP) is 5.78. The lowest BCUT2D eigenvalue weighted by molar-refractivity contribution is -0.111. The molecular weight excluding hydrogens is 552 g/mol. The molecule has 0 aliphatic carbocycles. The summed E-state index contributed by atoms with van der Waals surface area (Å²) in [6, 6.07) is 11.1. The van der Waals surface area contributed by atoms with Crippen molar-refractivity contribution >= 4 is 47.1 Å². The van der Waals surface area contributed by atoms with Crippen LogP contribution in [0.5, 0.6) is 5.75 Å². The van der Waals surface area contributed by atoms with E-state index in [0.717, 1.165) is 11.1 Å². The number of methoxy groups -OCH3 is 1. The van der Waals surface area contributed by atoms with Gasteiger partial charge in [0, 0.05) is 42.6 Å². The average molecular weight is 586 g/mol. The molecule has 1 aliphatic heterocycles. The normalized spacial score (nSPS) is 14.5. The summed E-state index contributed by atoms with van der Waals surface area (Å²) in [7, 11) is -0.973. The third-order valence-electron chi connectivity index (χ3n) is 6.74. The molecule has 1 aromatic heterocycles. The number of benzene rings is 2. The lowest BCUT2D eigenvalue weighted by Crippen LogP contribution is -2.34. The molecule has 0 unspecified atom stereocenters. The summed E-state index contributed by atoms with van der Waals surface area (Å²) in [5, 5.41) is 7.13. The lowest BCUT2D eigenvalue weighted by atomic mass is 10.0. The van der Waals surface area contributed by atoms with Crippen LogP contribution in [0.1, 0.15) is 29.8 Å². The fraction of sp³-hybridized carbons (Fsp3) is 0.345. The highest BCUT2D eigenvalue weighted by molar-refractivity contribution is 7.70. The molecule has 1 aliphatic rings. The number of carbonyl (C=O) groups excluding carboxylic acids is 1. The van der Waals surface area contributed by atoms with Crippen LogP contribution < -0.4 is 20.7 Å². The number of para-hydroxylation sites is 1. The first-order chi connectivity index (χ1) is 19.1. The monoisotopic (exact) mass is 585 g/mol. The summed E-state index contributed by atoms with van der Waals surface area (Å²) in [5.41, 5.74) is 2.89. The van der Waals surface area contributed by atoms with Gasteiger partial charge < -0.3 is 19.9 Å². The number of piperidine rings is 1. The van der Waals surface area contributed by atoms with Crippen molar-refractivity contribution in [1.82, 2.24) is 14.9 Å². The number of nitrogens with one attached hydrogen (secondary N) is 2. The lowest BCUT2D eigenvalue weighted by Gasteiger charge is -2.29. The highest BCUT2D eigenvalue weighted by Gasteiger charge is 2.22. The Morgan fingerprint density at radius 3 is 2.62 bits per heavy atom. The quantitative estimate of drug-likeness (QED) is 0.230. The highest BCUT2D eigenvalue weighted by atomic mass is 35.5. The van der Waals surface area contributed by atoms with Crippen molar-refractivity contribution in [3.8, 4) is 5.75 Å². The van der Waals surface area contributed by atoms with Crippen molar-refractivity contribution in [2.45, 2.75) is 32.0 Å². The number of likely N-dealkylation sites (tertiary alicyclic amines) is 1. The van der Waals surface area contributed by atoms with Crippen molar-refractivity contribution in [3.05, 3.63) is 77.2 Å². The van der Waals surface area contributed by atoms with Gasteiger partial charge in [-0.1, -0.05) is 30.3 Å². The van der Waals surface area contributed by atoms with E-state index >= 15 is 0 Å². The van der Waals surface area contributed by atoms with E-state index < -0.39 is 13.3 Å². The third kappa shape index (κ3) is 7.47. The SMILES string of the molecule is C=CC(=O)Nc1cc(Cc2ncc(Cl)c(Nc3ccccc3P(C)(C)=O)n2)c(OC)cc1CN1CCC(F)CC1. The number of anilines is 3. The molecule has 0 bridgehead atoms. The first-order valence-electron chi connectivity index (χ1n) is 13.0. The zero-order chi connectivity index (χ0) is 28.9. The molecule has 2 aromatic carbocycles. The minimum absolute atomic E-state index is 0.293. The molecule has 1 saturated heterocycles. The van der Waals surface area contributed by atoms with Gasteiger partial charge in [0.15, 0.2) is 5.82 Å². The molecule has 2 N–H and O–H groups in total. The Labute approximate surface area is 239 Å². The maximum Gasteiger partial charge on any atom is 0.247 e. The van der Waals surface area contributed by atoms with E-state index in [9.17, 15) is 13.8 Å². The van der Waals surface area contributed by atoms with Crippen molar-refractivity contribution in [3.63, 3.8) is 0 Å². The van der Waals surface area contributed by atoms with E-state index in [1.165, 1.54) is 12.3 Å². The van der Waals surface area contributed by atoms with Crippen LogP contribution >= 0.6 is 18.7 Å². The Hall–Kier alpha value is -3.26. The standard InChI is InChI=1S/C29H34ClFN5O3P/c1-5-28(37)33-24-14-19(25(39-2)15-20(24)18-36-12-10-21(31)11-13-36)16-27-32-17-22(30)29(35-27)34-23-8-6-7-9-26(23)40(3,4)38/h5-9,14-15,17,21H,1,10-13,16,18H2,2-4H3,(H,33,37)(H,32,34,35). The number of alkyl halides is 1. The van der Waals surface area contributed by atoms with Crippen LogP contribution in [-0.2, 0) is 22.3 Å². The summed E-state index contributed by atoms with van der Waals surface area (Å²) in [5.74, 6) is 1.14. The van der Waals surface area contributed by atoms with Crippen molar-refractivity contribution in [2.75, 3.05) is 44.2 Å². The molecule has 1 fully saturated rings. The number of ether oxygens (including phenoxy) is 1. The Kier molecular flexibility index (Phi) is 9.61. The zero-order valence-corrected chi connectivity index (χ0v) is 24.6. The zero-order valence-electron chi connectivity index (χ0n) is 22.9. The van der Waals surface area contributed by atoms with Crippen molar-refractivity contribution in [2.24, 2.45) is 0 Å². The molecule has 11 heteroatoms. The molecule has 2 heterocycles. The Morgan fingerprint density at radius 2 is 1.95 bits per heavy atom. The number of hydrogen-bond donors (Lipinski definition) is 2. The third-order valence-corrected chi connectivity index (χ3v) is 8.57. The van der Waals surface area contributed by atoms with Crippen LogP contribution in [0, 0.1) is 0 Å². The average Bonchev–Trinajstić information content (AvgIpc) is 2.92. The second-order valence-corrected chi connectivity index (χ2v) is 13.7. The number of aromatic nitrogens is 2. The topological polar surface area (TPSA) is 96.5 Å². The second kappa shape index (κ2) is 12.9. The number of carbonyl (C=O) groups is 1. The summed E-state index contributed by atoms with van der Waals surface area (Å²) in [6.07, 6.45) is 3.24. The summed E-state index contributed by atoms with van der Waals surface area (Å²) in [6.45, 7) is 8.81. The summed E-state index contributed by atoms with van der Waals surface area (Å²) < 4.78 is 32.2. The first kappa shape index (κ1) is 29.7. The van der Waals surface area contributed by atoms with E-state index in [1.54, 1.807) is 20.4 Å². The number of nitrogens with zero attached hydrogens (tertiary/aromatic N) is 3. The second-order valence-electron chi connectivity index (χ2n) is 10.1. The number of amides is 1. The minimum atomic E-state index is -2.56. The van der Waals surface area contributed by atoms with Gasteiger partial charge in [-0.15, -0.1) is 0 Å². The molecule has 40 heavy (non-hydrogen) atoms. The molecule has 8 nitrogen and oxygen atoms in total. The van der Waals surface area contributed by atoms with Gasteiger partial charge >= 0.3 is 0 Å². The van der Waals surface area contributed by atoms with Gasteiger partial charge in [-0.2, -0.15) is 0 Å². The Morgan fingerprint density at radius 1 is 1.23 bits per heavy atom. The molecular formula is C29H34ClFN5O3P. The van der Waals surface area contributed by atoms with Gasteiger partial charge in [-0.3, -0.25) is 9.69 Å². The predicted molar refractivity (Wildman–Crippen MR) is 160 cm³/mol. The minimum Gasteiger partial charge on any atom is -0.496 e. The fourth-order valence-electron chi connectivity index (χ4n) is 4.65. The fourth-order valence-corrected chi connectivity index (χ4v) is 5.94. The van der Waals surface area contributed by atoms with Gasteiger partial charge in [0.25, 0.3) is 0 Å². The van der Waals surface area contributed by atoms with E-state index in [4.69, 9.17) is 16.3 Å². The van der Waals surface area contributed by atoms with Gasteiger partial charge in [-0.25, -0.2) is 14.4 Å². The summed E-state index contributed by atoms with van der Waals surface area (Å²) in [4.78, 5) is 23.5. The van der Waals surface area contributed by atoms with E-state index in [-0.39, 0.29) is 5.91 Å². The van der Waals surface area contributed by atoms with E-state index in [1.807, 2.05) is 36.4 Å². The van der Waals surface area contributed by atoms with E-state index in [2.05, 4.69) is 32.1 Å². The van der Waals surface area contributed by atoms with Gasteiger partial charge in [0.05, 0.1) is 19.0 Å². The maximum atomic E-state index is 13.7. The Balaban J connectivity index is 1.64. The van der Waals surface area contributed by atoms with Gasteiger partial charge in [0.1, 0.15) is 29.9 Å². The number of hydrogen-bond acceptors (Lipinski definition) is 7. The molecule has 0 atom stereocenters. The van der Waals surface area contributed by atoms with Crippen molar-refractivity contribution in [1.29, 1.82) is 0 Å². The molecule has 0 saturated carbocycles. The molecule has 3 aromatic rings. The van der Waals surface area contributed by atoms with Crippen LogP contribution in [0.15, 0.2) is 55.3 Å². The summed E-state index contributed by atoms with van der Waals surface area (Å²) >= 11 is 6.43. The molecule has 212 valence electrons. The van der Waals surface area contributed by atoms with E-state index in [0.29, 0.717) is 78.0 Å². The molecule has 4 rings (SSSR count). The van der Waals surface area contributed by atoms with Crippen LogP contribution in [0.3, 0.4) is 0 Å². The van der Waals surface area contributed by atoms with Crippen LogP contribution in [-0.4, -0.2) is 60.5 Å². The first-order valence-corrected chi connectivity index (χ1v) is 16.0. The smallest absolute Gasteiger partial charge is 0.247 e. The molecule has 0 spiro atoms. The molecule has 0 radical (unpaired) electrons. The molecule has 1 amide bonds. The highest BCUT2D eigenvalue weighted by Crippen LogP contribution is 2.38. The van der Waals surface area contributed by atoms with Crippen LogP contribution in [0.4, 0.5) is 21.6 Å².